The third-order valence-electron chi connectivity index (χ3n) is 5.23. The molecule has 1 nitrogen and oxygen atoms in total. The maximum Gasteiger partial charge on any atom is 0.00672 e. The van der Waals surface area contributed by atoms with E-state index in [0.29, 0.717) is 5.41 Å². The van der Waals surface area contributed by atoms with Crippen molar-refractivity contribution in [1.29, 1.82) is 0 Å². The third kappa shape index (κ3) is 5.30. The second-order valence-electron chi connectivity index (χ2n) is 7.73. The van der Waals surface area contributed by atoms with Crippen LogP contribution in [0.4, 0.5) is 0 Å². The van der Waals surface area contributed by atoms with Gasteiger partial charge in [0.2, 0.25) is 0 Å². The fourth-order valence-electron chi connectivity index (χ4n) is 3.66. The number of hydrogen-bond acceptors (Lipinski definition) is 2. The van der Waals surface area contributed by atoms with Crippen molar-refractivity contribution in [3.05, 3.63) is 0 Å². The minimum absolute atomic E-state index is 0.509. The molecule has 0 radical (unpaired) electrons. The van der Waals surface area contributed by atoms with Gasteiger partial charge in [-0.3, -0.25) is 0 Å². The Balaban J connectivity index is 1.70. The first-order valence-corrected chi connectivity index (χ1v) is 9.52. The minimum atomic E-state index is 0.509. The highest BCUT2D eigenvalue weighted by molar-refractivity contribution is 7.99. The maximum atomic E-state index is 3.89. The van der Waals surface area contributed by atoms with Crippen molar-refractivity contribution in [2.75, 3.05) is 18.1 Å². The quantitative estimate of drug-likeness (QED) is 0.753. The van der Waals surface area contributed by atoms with Crippen LogP contribution >= 0.6 is 11.8 Å². The van der Waals surface area contributed by atoms with E-state index in [-0.39, 0.29) is 0 Å². The molecule has 0 amide bonds. The van der Waals surface area contributed by atoms with E-state index in [4.69, 9.17) is 0 Å². The normalized spacial score (nSPS) is 31.1. The number of hydrogen-bond donors (Lipinski definition) is 1. The molecule has 1 aliphatic carbocycles. The molecule has 19 heavy (non-hydrogen) atoms. The van der Waals surface area contributed by atoms with Gasteiger partial charge in [0, 0.05) is 6.04 Å². The van der Waals surface area contributed by atoms with Gasteiger partial charge in [-0.25, -0.2) is 0 Å². The zero-order valence-electron chi connectivity index (χ0n) is 13.2. The highest BCUT2D eigenvalue weighted by atomic mass is 32.2. The second-order valence-corrected chi connectivity index (χ2v) is 8.96. The minimum Gasteiger partial charge on any atom is -0.314 e. The van der Waals surface area contributed by atoms with E-state index in [2.05, 4.69) is 37.8 Å². The van der Waals surface area contributed by atoms with Gasteiger partial charge < -0.3 is 5.32 Å². The summed E-state index contributed by atoms with van der Waals surface area (Å²) >= 11 is 2.14. The molecule has 1 N–H and O–H groups in total. The van der Waals surface area contributed by atoms with E-state index in [1.807, 2.05) is 0 Å². The van der Waals surface area contributed by atoms with Gasteiger partial charge in [-0.2, -0.15) is 11.8 Å². The van der Waals surface area contributed by atoms with E-state index >= 15 is 0 Å². The lowest BCUT2D eigenvalue weighted by Crippen LogP contribution is -2.34. The summed E-state index contributed by atoms with van der Waals surface area (Å²) in [6, 6.07) is 0.807. The first kappa shape index (κ1) is 15.7. The zero-order valence-corrected chi connectivity index (χ0v) is 14.0. The van der Waals surface area contributed by atoms with E-state index < -0.39 is 0 Å². The zero-order chi connectivity index (χ0) is 13.7. The van der Waals surface area contributed by atoms with Gasteiger partial charge in [0.15, 0.2) is 0 Å². The molecule has 2 fully saturated rings. The molecule has 0 aromatic heterocycles. The van der Waals surface area contributed by atoms with Gasteiger partial charge in [0.25, 0.3) is 0 Å². The van der Waals surface area contributed by atoms with Crippen LogP contribution in [0.25, 0.3) is 0 Å². The topological polar surface area (TPSA) is 12.0 Å². The van der Waals surface area contributed by atoms with Crippen molar-refractivity contribution in [3.63, 3.8) is 0 Å². The summed E-state index contributed by atoms with van der Waals surface area (Å²) in [4.78, 5) is 0. The van der Waals surface area contributed by atoms with Crippen LogP contribution in [0, 0.1) is 17.3 Å². The Kier molecular flexibility index (Phi) is 6.08. The molecular formula is C17H33NS. The van der Waals surface area contributed by atoms with Gasteiger partial charge in [-0.05, 0) is 73.8 Å². The van der Waals surface area contributed by atoms with Crippen LogP contribution in [-0.4, -0.2) is 24.1 Å². The molecule has 0 aromatic carbocycles. The second kappa shape index (κ2) is 7.36. The Bertz CT molecular complexity index is 252. The third-order valence-corrected chi connectivity index (χ3v) is 6.28. The smallest absolute Gasteiger partial charge is 0.00672 e. The predicted octanol–water partition coefficient (Wildman–Crippen LogP) is 4.71. The molecule has 1 heterocycles. The summed E-state index contributed by atoms with van der Waals surface area (Å²) in [7, 11) is 0. The first-order valence-electron chi connectivity index (χ1n) is 8.37. The van der Waals surface area contributed by atoms with Crippen molar-refractivity contribution in [2.45, 2.75) is 71.8 Å². The Morgan fingerprint density at radius 2 is 1.68 bits per heavy atom. The predicted molar refractivity (Wildman–Crippen MR) is 87.9 cm³/mol. The fourth-order valence-corrected chi connectivity index (χ4v) is 4.86. The molecule has 2 aliphatic rings. The Hall–Kier alpha value is 0.310. The molecule has 0 aromatic rings. The van der Waals surface area contributed by atoms with Gasteiger partial charge in [-0.15, -0.1) is 0 Å². The van der Waals surface area contributed by atoms with Gasteiger partial charge in [0.05, 0.1) is 0 Å². The van der Waals surface area contributed by atoms with E-state index in [9.17, 15) is 0 Å². The van der Waals surface area contributed by atoms with Crippen LogP contribution in [0.3, 0.4) is 0 Å². The standard InChI is InChI=1S/C17H33NS/c1-17(2,3)15-5-4-6-16(8-7-15)18-13-14-9-11-19-12-10-14/h14-16,18H,4-13H2,1-3H3. The summed E-state index contributed by atoms with van der Waals surface area (Å²) in [6.45, 7) is 8.55. The molecule has 2 rings (SSSR count). The summed E-state index contributed by atoms with van der Waals surface area (Å²) in [6.07, 6.45) is 10.0. The van der Waals surface area contributed by atoms with Crippen molar-refractivity contribution >= 4 is 11.8 Å². The maximum absolute atomic E-state index is 3.89. The van der Waals surface area contributed by atoms with Crippen LogP contribution in [0.2, 0.25) is 0 Å². The Morgan fingerprint density at radius 1 is 0.947 bits per heavy atom. The molecule has 1 aliphatic heterocycles. The summed E-state index contributed by atoms with van der Waals surface area (Å²) in [5.74, 6) is 4.68. The molecule has 2 heteroatoms. The van der Waals surface area contributed by atoms with Gasteiger partial charge >= 0.3 is 0 Å². The van der Waals surface area contributed by atoms with Crippen LogP contribution in [-0.2, 0) is 0 Å². The van der Waals surface area contributed by atoms with Gasteiger partial charge in [0.1, 0.15) is 0 Å². The lowest BCUT2D eigenvalue weighted by molar-refractivity contribution is 0.213. The van der Waals surface area contributed by atoms with Crippen molar-refractivity contribution in [3.8, 4) is 0 Å². The van der Waals surface area contributed by atoms with Crippen molar-refractivity contribution in [2.24, 2.45) is 17.3 Å². The fraction of sp³-hybridized carbons (Fsp3) is 1.00. The molecule has 2 unspecified atom stereocenters. The molecule has 1 saturated carbocycles. The Labute approximate surface area is 124 Å². The highest BCUT2D eigenvalue weighted by Gasteiger charge is 2.27. The summed E-state index contributed by atoms with van der Waals surface area (Å²) in [5.41, 5.74) is 0.509. The van der Waals surface area contributed by atoms with Crippen LogP contribution in [0.5, 0.6) is 0 Å². The molecule has 1 saturated heterocycles. The number of rotatable bonds is 3. The Morgan fingerprint density at radius 3 is 2.37 bits per heavy atom. The van der Waals surface area contributed by atoms with Crippen LogP contribution in [0.1, 0.15) is 65.7 Å². The molecule has 0 bridgehead atoms. The first-order chi connectivity index (χ1) is 9.05. The van der Waals surface area contributed by atoms with Crippen LogP contribution < -0.4 is 5.32 Å². The van der Waals surface area contributed by atoms with E-state index in [1.165, 1.54) is 63.0 Å². The lowest BCUT2D eigenvalue weighted by atomic mass is 9.76. The monoisotopic (exact) mass is 283 g/mol. The van der Waals surface area contributed by atoms with E-state index in [1.54, 1.807) is 0 Å². The summed E-state index contributed by atoms with van der Waals surface area (Å²) < 4.78 is 0. The molecule has 0 spiro atoms. The average molecular weight is 284 g/mol. The van der Waals surface area contributed by atoms with Crippen molar-refractivity contribution in [1.82, 2.24) is 5.32 Å². The van der Waals surface area contributed by atoms with Crippen LogP contribution in [0.15, 0.2) is 0 Å². The van der Waals surface area contributed by atoms with E-state index in [0.717, 1.165) is 17.9 Å². The molecule has 2 atom stereocenters. The highest BCUT2D eigenvalue weighted by Crippen LogP contribution is 2.36. The van der Waals surface area contributed by atoms with Gasteiger partial charge in [-0.1, -0.05) is 27.2 Å². The average Bonchev–Trinajstić information content (AvgIpc) is 2.62. The lowest BCUT2D eigenvalue weighted by Gasteiger charge is -2.30. The number of thioether (sulfide) groups is 1. The molecule has 112 valence electrons. The molecular weight excluding hydrogens is 250 g/mol. The van der Waals surface area contributed by atoms with Crippen molar-refractivity contribution < 1.29 is 0 Å². The SMILES string of the molecule is CC(C)(C)C1CCCC(NCC2CCSCC2)CC1. The summed E-state index contributed by atoms with van der Waals surface area (Å²) in [5, 5.41) is 3.89. The number of nitrogens with one attached hydrogen (secondary N) is 1. The largest absolute Gasteiger partial charge is 0.314 e.